The van der Waals surface area contributed by atoms with Gasteiger partial charge in [0.15, 0.2) is 12.4 Å². The zero-order valence-electron chi connectivity index (χ0n) is 14.4. The van der Waals surface area contributed by atoms with Gasteiger partial charge < -0.3 is 14.0 Å². The summed E-state index contributed by atoms with van der Waals surface area (Å²) in [5.74, 6) is 0.364. The van der Waals surface area contributed by atoms with Crippen LogP contribution in [-0.2, 0) is 16.1 Å². The zero-order chi connectivity index (χ0) is 18.8. The van der Waals surface area contributed by atoms with Gasteiger partial charge >= 0.3 is 5.97 Å². The molecule has 0 aliphatic carbocycles. The van der Waals surface area contributed by atoms with E-state index < -0.39 is 5.97 Å². The minimum atomic E-state index is -0.545. The van der Waals surface area contributed by atoms with Gasteiger partial charge in [0.25, 0.3) is 0 Å². The summed E-state index contributed by atoms with van der Waals surface area (Å²) in [7, 11) is 0. The largest absolute Gasteiger partial charge is 0.478 e. The summed E-state index contributed by atoms with van der Waals surface area (Å²) in [6, 6.07) is 5.23. The smallest absolute Gasteiger partial charge is 0.344 e. The Morgan fingerprint density at radius 1 is 1.19 bits per heavy atom. The average molecular weight is 395 g/mol. The third-order valence-corrected chi connectivity index (χ3v) is 4.46. The van der Waals surface area contributed by atoms with Gasteiger partial charge in [-0.25, -0.2) is 9.78 Å². The Labute approximate surface area is 160 Å². The maximum atomic E-state index is 12.0. The summed E-state index contributed by atoms with van der Waals surface area (Å²) in [6.45, 7) is 5.14. The van der Waals surface area contributed by atoms with Crippen molar-refractivity contribution in [2.75, 3.05) is 6.61 Å². The Balaban J connectivity index is 1.73. The number of esters is 1. The van der Waals surface area contributed by atoms with Gasteiger partial charge in [0.1, 0.15) is 17.9 Å². The molecule has 0 unspecified atom stereocenters. The van der Waals surface area contributed by atoms with Crippen molar-refractivity contribution >= 4 is 40.1 Å². The summed E-state index contributed by atoms with van der Waals surface area (Å²) >= 11 is 12.4. The molecule has 0 fully saturated rings. The number of hydrogen-bond acceptors (Lipinski definition) is 6. The second-order valence-corrected chi connectivity index (χ2v) is 6.58. The van der Waals surface area contributed by atoms with Gasteiger partial charge in [-0.05, 0) is 39.0 Å². The molecule has 8 heteroatoms. The predicted molar refractivity (Wildman–Crippen MR) is 97.8 cm³/mol. The van der Waals surface area contributed by atoms with Crippen molar-refractivity contribution in [3.8, 4) is 5.75 Å². The van der Waals surface area contributed by atoms with Crippen LogP contribution in [-0.4, -0.2) is 22.7 Å². The fourth-order valence-electron chi connectivity index (χ4n) is 2.46. The Morgan fingerprint density at radius 3 is 2.65 bits per heavy atom. The summed E-state index contributed by atoms with van der Waals surface area (Å²) in [5.41, 5.74) is 2.70. The van der Waals surface area contributed by atoms with Gasteiger partial charge in [-0.1, -0.05) is 28.4 Å². The third-order valence-electron chi connectivity index (χ3n) is 3.87. The maximum Gasteiger partial charge on any atom is 0.344 e. The number of benzene rings is 1. The van der Waals surface area contributed by atoms with Crippen LogP contribution in [0, 0.1) is 20.8 Å². The minimum Gasteiger partial charge on any atom is -0.478 e. The summed E-state index contributed by atoms with van der Waals surface area (Å²) in [6.07, 6.45) is 0. The molecule has 3 rings (SSSR count). The zero-order valence-corrected chi connectivity index (χ0v) is 15.9. The molecular weight excluding hydrogens is 379 g/mol. The minimum absolute atomic E-state index is 0.0653. The first-order chi connectivity index (χ1) is 12.4. The second kappa shape index (κ2) is 7.51. The topological polar surface area (TPSA) is 74.5 Å². The molecule has 2 heterocycles. The van der Waals surface area contributed by atoms with Gasteiger partial charge in [0.2, 0.25) is 0 Å². The van der Waals surface area contributed by atoms with E-state index in [2.05, 4.69) is 10.1 Å². The van der Waals surface area contributed by atoms with Crippen LogP contribution in [0.3, 0.4) is 0 Å². The van der Waals surface area contributed by atoms with E-state index in [4.69, 9.17) is 37.2 Å². The Morgan fingerprint density at radius 2 is 1.96 bits per heavy atom. The Bertz CT molecular complexity index is 965. The molecule has 0 bridgehead atoms. The number of ether oxygens (including phenoxy) is 2. The molecule has 136 valence electrons. The van der Waals surface area contributed by atoms with Crippen molar-refractivity contribution in [3.05, 3.63) is 51.0 Å². The molecule has 6 nitrogen and oxygen atoms in total. The number of aromatic nitrogens is 2. The lowest BCUT2D eigenvalue weighted by atomic mass is 10.2. The monoisotopic (exact) mass is 394 g/mol. The highest BCUT2D eigenvalue weighted by Crippen LogP contribution is 2.37. The Hall–Kier alpha value is -2.31. The lowest BCUT2D eigenvalue weighted by Crippen LogP contribution is -2.15. The SMILES string of the molecule is Cc1ccc2c(Cl)cc(Cl)c(OCC(=O)OCc3c(C)noc3C)c2n1. The number of pyridine rings is 1. The van der Waals surface area contributed by atoms with Crippen molar-refractivity contribution in [1.82, 2.24) is 10.1 Å². The fourth-order valence-corrected chi connectivity index (χ4v) is 3.03. The highest BCUT2D eigenvalue weighted by molar-refractivity contribution is 6.39. The highest BCUT2D eigenvalue weighted by Gasteiger charge is 2.16. The van der Waals surface area contributed by atoms with E-state index in [1.807, 2.05) is 19.1 Å². The number of halogens is 2. The van der Waals surface area contributed by atoms with E-state index in [-0.39, 0.29) is 18.2 Å². The number of carbonyl (C=O) groups is 1. The number of rotatable bonds is 5. The van der Waals surface area contributed by atoms with E-state index in [9.17, 15) is 4.79 Å². The number of nitrogens with zero attached hydrogens (tertiary/aromatic N) is 2. The van der Waals surface area contributed by atoms with Gasteiger partial charge in [-0.15, -0.1) is 0 Å². The van der Waals surface area contributed by atoms with E-state index in [1.54, 1.807) is 19.9 Å². The standard InChI is InChI=1S/C18H16Cl2N2O4/c1-9-4-5-12-14(19)6-15(20)18(17(12)21-9)25-8-16(23)24-7-13-10(2)22-26-11(13)3/h4-6H,7-8H2,1-3H3. The first kappa shape index (κ1) is 18.5. The van der Waals surface area contributed by atoms with Crippen LogP contribution in [0.4, 0.5) is 0 Å². The van der Waals surface area contributed by atoms with E-state index in [0.29, 0.717) is 33.1 Å². The molecule has 1 aromatic carbocycles. The summed E-state index contributed by atoms with van der Waals surface area (Å²) in [4.78, 5) is 16.4. The van der Waals surface area contributed by atoms with Gasteiger partial charge in [-0.2, -0.15) is 0 Å². The molecule has 0 aliphatic rings. The molecule has 0 amide bonds. The summed E-state index contributed by atoms with van der Waals surface area (Å²) in [5, 5.41) is 5.25. The molecule has 0 saturated carbocycles. The van der Waals surface area contributed by atoms with Crippen LogP contribution < -0.4 is 4.74 Å². The number of aryl methyl sites for hydroxylation is 3. The highest BCUT2D eigenvalue weighted by atomic mass is 35.5. The number of hydrogen-bond donors (Lipinski definition) is 0. The van der Waals surface area contributed by atoms with Crippen molar-refractivity contribution in [3.63, 3.8) is 0 Å². The molecule has 3 aromatic rings. The molecule has 0 aliphatic heterocycles. The molecular formula is C18H16Cl2N2O4. The van der Waals surface area contributed by atoms with Crippen LogP contribution in [0.5, 0.6) is 5.75 Å². The van der Waals surface area contributed by atoms with Crippen LogP contribution in [0.25, 0.3) is 10.9 Å². The van der Waals surface area contributed by atoms with Crippen molar-refractivity contribution in [1.29, 1.82) is 0 Å². The van der Waals surface area contributed by atoms with Crippen molar-refractivity contribution in [2.45, 2.75) is 27.4 Å². The molecule has 26 heavy (non-hydrogen) atoms. The lowest BCUT2D eigenvalue weighted by Gasteiger charge is -2.12. The number of carbonyl (C=O) groups excluding carboxylic acids is 1. The first-order valence-electron chi connectivity index (χ1n) is 7.82. The molecule has 0 saturated heterocycles. The van der Waals surface area contributed by atoms with Gasteiger partial charge in [-0.3, -0.25) is 0 Å². The molecule has 0 spiro atoms. The lowest BCUT2D eigenvalue weighted by molar-refractivity contribution is -0.147. The first-order valence-corrected chi connectivity index (χ1v) is 8.58. The predicted octanol–water partition coefficient (Wildman–Crippen LogP) is 4.58. The number of fused-ring (bicyclic) bond motifs is 1. The van der Waals surface area contributed by atoms with Crippen LogP contribution in [0.15, 0.2) is 22.7 Å². The Kier molecular flexibility index (Phi) is 5.34. The van der Waals surface area contributed by atoms with Crippen molar-refractivity contribution < 1.29 is 18.8 Å². The fraction of sp³-hybridized carbons (Fsp3) is 0.278. The van der Waals surface area contributed by atoms with Gasteiger partial charge in [0, 0.05) is 11.1 Å². The normalized spacial score (nSPS) is 11.0. The molecule has 0 N–H and O–H groups in total. The third kappa shape index (κ3) is 3.76. The quantitative estimate of drug-likeness (QED) is 0.589. The maximum absolute atomic E-state index is 12.0. The van der Waals surface area contributed by atoms with E-state index >= 15 is 0 Å². The van der Waals surface area contributed by atoms with Crippen LogP contribution >= 0.6 is 23.2 Å². The van der Waals surface area contributed by atoms with Crippen LogP contribution in [0.1, 0.15) is 22.7 Å². The second-order valence-electron chi connectivity index (χ2n) is 5.77. The summed E-state index contributed by atoms with van der Waals surface area (Å²) < 4.78 is 15.8. The van der Waals surface area contributed by atoms with Crippen LogP contribution in [0.2, 0.25) is 10.0 Å². The van der Waals surface area contributed by atoms with Gasteiger partial charge in [0.05, 0.1) is 21.3 Å². The molecule has 0 radical (unpaired) electrons. The van der Waals surface area contributed by atoms with Crippen molar-refractivity contribution in [2.24, 2.45) is 0 Å². The molecule has 0 atom stereocenters. The van der Waals surface area contributed by atoms with E-state index in [0.717, 1.165) is 11.3 Å². The molecule has 2 aromatic heterocycles. The van der Waals surface area contributed by atoms with E-state index in [1.165, 1.54) is 0 Å². The average Bonchev–Trinajstić information content (AvgIpc) is 2.90.